The maximum atomic E-state index is 13.6. The van der Waals surface area contributed by atoms with Gasteiger partial charge in [-0.1, -0.05) is 0 Å². The number of amides is 1. The first-order valence-corrected chi connectivity index (χ1v) is 9.46. The summed E-state index contributed by atoms with van der Waals surface area (Å²) in [4.78, 5) is 27.2. The third kappa shape index (κ3) is 3.77. The zero-order valence-corrected chi connectivity index (χ0v) is 16.3. The summed E-state index contributed by atoms with van der Waals surface area (Å²) in [5.74, 6) is -5.45. The number of nitrogens with zero attached hydrogens (tertiary/aromatic N) is 3. The molecule has 1 amide bonds. The van der Waals surface area contributed by atoms with Crippen LogP contribution in [0.3, 0.4) is 0 Å². The number of hydrogen-bond acceptors (Lipinski definition) is 7. The Labute approximate surface area is 179 Å². The van der Waals surface area contributed by atoms with Crippen LogP contribution in [0.2, 0.25) is 0 Å². The molecule has 2 aliphatic heterocycles. The molecular weight excluding hydrogens is 468 g/mol. The van der Waals surface area contributed by atoms with Crippen molar-refractivity contribution in [3.8, 4) is 0 Å². The quantitative estimate of drug-likeness (QED) is 0.488. The van der Waals surface area contributed by atoms with Gasteiger partial charge in [0.25, 0.3) is 6.01 Å². The molecule has 0 aliphatic carbocycles. The Morgan fingerprint density at radius 1 is 1.18 bits per heavy atom. The van der Waals surface area contributed by atoms with Crippen LogP contribution >= 0.6 is 0 Å². The van der Waals surface area contributed by atoms with Gasteiger partial charge < -0.3 is 24.8 Å². The van der Waals surface area contributed by atoms with Crippen molar-refractivity contribution in [2.24, 2.45) is 0 Å². The number of carboxylic acid groups (broad SMARTS) is 1. The number of nitrogens with one attached hydrogen (secondary N) is 2. The topological polar surface area (TPSA) is 145 Å². The van der Waals surface area contributed by atoms with Crippen molar-refractivity contribution < 1.29 is 50.6 Å². The maximum Gasteiger partial charge on any atom is 0.437 e. The van der Waals surface area contributed by atoms with E-state index in [1.54, 1.807) is 0 Å². The molecule has 1 atom stereocenters. The predicted octanol–water partition coefficient (Wildman–Crippen LogP) is 2.59. The summed E-state index contributed by atoms with van der Waals surface area (Å²) < 4.78 is 84.8. The highest BCUT2D eigenvalue weighted by atomic mass is 19.4. The van der Waals surface area contributed by atoms with Gasteiger partial charge in [-0.25, -0.2) is 4.79 Å². The van der Waals surface area contributed by atoms with E-state index >= 15 is 0 Å². The Bertz CT molecular complexity index is 1100. The fourth-order valence-corrected chi connectivity index (χ4v) is 4.04. The van der Waals surface area contributed by atoms with Gasteiger partial charge in [-0.05, 0) is 12.8 Å². The smallest absolute Gasteiger partial charge is 0.437 e. The number of hydrogen-bond donors (Lipinski definition) is 4. The predicted molar refractivity (Wildman–Crippen MR) is 94.4 cm³/mol. The van der Waals surface area contributed by atoms with E-state index < -0.39 is 71.0 Å². The Hall–Kier alpha value is -3.30. The number of carboxylic acids is 1. The summed E-state index contributed by atoms with van der Waals surface area (Å²) in [6.07, 6.45) is -11.3. The van der Waals surface area contributed by atoms with Crippen molar-refractivity contribution in [1.82, 2.24) is 15.2 Å². The van der Waals surface area contributed by atoms with E-state index in [-0.39, 0.29) is 31.6 Å². The minimum Gasteiger partial charge on any atom is -0.475 e. The molecule has 4 rings (SSSR count). The number of alkyl halides is 6. The molecule has 4 heterocycles. The third-order valence-electron chi connectivity index (χ3n) is 5.60. The number of carbonyl (C=O) groups excluding carboxylic acids is 1. The van der Waals surface area contributed by atoms with Crippen LogP contribution in [0.4, 0.5) is 38.2 Å². The summed E-state index contributed by atoms with van der Waals surface area (Å²) in [5, 5.41) is 27.6. The summed E-state index contributed by atoms with van der Waals surface area (Å²) in [6.45, 7) is -0.0712. The fraction of sp³-hybridized carbons (Fsp3) is 0.529. The third-order valence-corrected chi connectivity index (χ3v) is 5.60. The monoisotopic (exact) mass is 483 g/mol. The Balaban J connectivity index is 1.58. The second-order valence-electron chi connectivity index (χ2n) is 7.68. The van der Waals surface area contributed by atoms with Gasteiger partial charge in [-0.3, -0.25) is 9.89 Å². The van der Waals surface area contributed by atoms with Crippen molar-refractivity contribution in [2.75, 3.05) is 23.3 Å². The van der Waals surface area contributed by atoms with Gasteiger partial charge in [-0.2, -0.15) is 36.4 Å². The van der Waals surface area contributed by atoms with Crippen molar-refractivity contribution in [3.63, 3.8) is 0 Å². The van der Waals surface area contributed by atoms with E-state index in [0.717, 1.165) is 0 Å². The summed E-state index contributed by atoms with van der Waals surface area (Å²) in [6, 6.07) is -0.580. The molecule has 180 valence electrons. The first-order chi connectivity index (χ1) is 15.2. The van der Waals surface area contributed by atoms with Gasteiger partial charge >= 0.3 is 18.3 Å². The molecule has 2 aromatic heterocycles. The Morgan fingerprint density at radius 2 is 1.82 bits per heavy atom. The van der Waals surface area contributed by atoms with E-state index in [2.05, 4.69) is 20.5 Å². The van der Waals surface area contributed by atoms with Crippen LogP contribution in [-0.4, -0.2) is 56.5 Å². The van der Waals surface area contributed by atoms with E-state index in [1.165, 1.54) is 4.90 Å². The van der Waals surface area contributed by atoms with E-state index in [9.17, 15) is 41.0 Å². The number of aromatic carboxylic acids is 1. The number of anilines is 2. The molecule has 0 radical (unpaired) electrons. The minimum atomic E-state index is -5.17. The van der Waals surface area contributed by atoms with Gasteiger partial charge in [-0.15, -0.1) is 0 Å². The van der Waals surface area contributed by atoms with Gasteiger partial charge in [0.1, 0.15) is 0 Å². The normalized spacial score (nSPS) is 22.3. The van der Waals surface area contributed by atoms with E-state index in [1.807, 2.05) is 0 Å². The molecule has 2 aliphatic rings. The second-order valence-corrected chi connectivity index (χ2v) is 7.68. The number of aromatic amines is 1. The number of fused-ring (bicyclic) bond motifs is 1. The highest BCUT2D eigenvalue weighted by Crippen LogP contribution is 2.50. The second kappa shape index (κ2) is 7.36. The number of halogens is 6. The molecule has 1 unspecified atom stereocenters. The molecule has 4 N–H and O–H groups in total. The fourth-order valence-electron chi connectivity index (χ4n) is 4.04. The molecule has 33 heavy (non-hydrogen) atoms. The lowest BCUT2D eigenvalue weighted by Gasteiger charge is -2.36. The number of aromatic nitrogens is 3. The van der Waals surface area contributed by atoms with E-state index in [0.29, 0.717) is 0 Å². The number of oxazole rings is 1. The lowest BCUT2D eigenvalue weighted by Crippen LogP contribution is -2.48. The zero-order valence-electron chi connectivity index (χ0n) is 16.3. The van der Waals surface area contributed by atoms with Crippen LogP contribution in [0, 0.1) is 0 Å². The molecule has 16 heteroatoms. The summed E-state index contributed by atoms with van der Waals surface area (Å²) >= 11 is 0. The van der Waals surface area contributed by atoms with E-state index in [4.69, 9.17) is 9.52 Å². The minimum absolute atomic E-state index is 0.0356. The largest absolute Gasteiger partial charge is 0.475 e. The SMILES string of the molecule is O=C1CC(O)(C(F)(F)F)c2c(n[nH]c2C2CCN(c3nc(C(F)(F)F)c(C(=O)O)o3)CC2)N1. The molecule has 0 saturated carbocycles. The van der Waals surface area contributed by atoms with Crippen molar-refractivity contribution >= 4 is 23.7 Å². The molecule has 0 spiro atoms. The Kier molecular flexibility index (Phi) is 5.10. The van der Waals surface area contributed by atoms with Crippen molar-refractivity contribution in [3.05, 3.63) is 22.7 Å². The first-order valence-electron chi connectivity index (χ1n) is 9.46. The Morgan fingerprint density at radius 3 is 2.33 bits per heavy atom. The van der Waals surface area contributed by atoms with Gasteiger partial charge in [0.15, 0.2) is 17.1 Å². The zero-order chi connectivity index (χ0) is 24.3. The number of aliphatic hydroxyl groups is 1. The van der Waals surface area contributed by atoms with Crippen LogP contribution in [0.25, 0.3) is 0 Å². The van der Waals surface area contributed by atoms with Gasteiger partial charge in [0.05, 0.1) is 12.0 Å². The number of carbonyl (C=O) groups is 2. The molecule has 2 aromatic rings. The van der Waals surface area contributed by atoms with Crippen molar-refractivity contribution in [2.45, 2.75) is 43.1 Å². The lowest BCUT2D eigenvalue weighted by molar-refractivity contribution is -0.267. The van der Waals surface area contributed by atoms with Crippen LogP contribution in [0.15, 0.2) is 4.42 Å². The number of H-pyrrole nitrogens is 1. The molecule has 1 saturated heterocycles. The van der Waals surface area contributed by atoms with Crippen LogP contribution in [0.5, 0.6) is 0 Å². The van der Waals surface area contributed by atoms with Crippen LogP contribution < -0.4 is 10.2 Å². The number of rotatable bonds is 3. The summed E-state index contributed by atoms with van der Waals surface area (Å²) in [7, 11) is 0. The molecule has 0 aromatic carbocycles. The average molecular weight is 483 g/mol. The van der Waals surface area contributed by atoms with Gasteiger partial charge in [0.2, 0.25) is 11.7 Å². The lowest BCUT2D eigenvalue weighted by atomic mass is 9.81. The van der Waals surface area contributed by atoms with Gasteiger partial charge in [0, 0.05) is 24.7 Å². The molecular formula is C17H15F6N5O5. The standard InChI is InChI=1S/C17H15F6N5O5/c18-16(19,20)11-10(13(30)31)33-14(25-11)28-3-1-6(2-4-28)9-8-12(27-26-9)24-7(29)5-15(8,32)17(21,22)23/h6,32H,1-5H2,(H,30,31)(H2,24,26,27,29). The molecule has 0 bridgehead atoms. The highest BCUT2D eigenvalue weighted by molar-refractivity contribution is 5.94. The average Bonchev–Trinajstić information content (AvgIpc) is 3.32. The first kappa shape index (κ1) is 22.9. The molecule has 1 fully saturated rings. The number of piperidine rings is 1. The van der Waals surface area contributed by atoms with Crippen LogP contribution in [-0.2, 0) is 16.6 Å². The summed E-state index contributed by atoms with van der Waals surface area (Å²) in [5.41, 5.74) is -5.80. The molecule has 10 nitrogen and oxygen atoms in total. The maximum absolute atomic E-state index is 13.6. The van der Waals surface area contributed by atoms with Crippen molar-refractivity contribution in [1.29, 1.82) is 0 Å². The van der Waals surface area contributed by atoms with Crippen LogP contribution in [0.1, 0.15) is 52.7 Å². The highest BCUT2D eigenvalue weighted by Gasteiger charge is 2.61.